The summed E-state index contributed by atoms with van der Waals surface area (Å²) in [5, 5.41) is 10.6. The summed E-state index contributed by atoms with van der Waals surface area (Å²) in [4.78, 5) is 0. The molecule has 0 saturated heterocycles. The van der Waals surface area contributed by atoms with Crippen LogP contribution in [0.1, 0.15) is 17.2 Å². The van der Waals surface area contributed by atoms with Gasteiger partial charge in [0.1, 0.15) is 17.7 Å². The predicted octanol–water partition coefficient (Wildman–Crippen LogP) is 4.33. The third-order valence-corrected chi connectivity index (χ3v) is 3.47. The molecule has 0 aliphatic carbocycles. The number of benzene rings is 2. The molecule has 0 heterocycles. The number of hydrogen-bond donors (Lipinski definition) is 1. The van der Waals surface area contributed by atoms with E-state index in [2.05, 4.69) is 15.9 Å². The van der Waals surface area contributed by atoms with Crippen LogP contribution in [-0.2, 0) is 0 Å². The second-order valence-corrected chi connectivity index (χ2v) is 5.31. The van der Waals surface area contributed by atoms with Gasteiger partial charge in [0, 0.05) is 20.6 Å². The quantitative estimate of drug-likeness (QED) is 0.897. The van der Waals surface area contributed by atoms with Crippen molar-refractivity contribution in [2.24, 2.45) is 0 Å². The van der Waals surface area contributed by atoms with E-state index in [1.807, 2.05) is 0 Å². The fourth-order valence-corrected chi connectivity index (χ4v) is 2.35. The number of halogens is 3. The van der Waals surface area contributed by atoms with Gasteiger partial charge in [-0.1, -0.05) is 33.6 Å². The molecule has 1 atom stereocenters. The summed E-state index contributed by atoms with van der Waals surface area (Å²) in [7, 11) is 1.50. The van der Waals surface area contributed by atoms with Gasteiger partial charge in [0.25, 0.3) is 0 Å². The Morgan fingerprint density at radius 2 is 1.95 bits per heavy atom. The van der Waals surface area contributed by atoms with Crippen LogP contribution in [0.4, 0.5) is 4.39 Å². The molecule has 5 heteroatoms. The molecule has 0 radical (unpaired) electrons. The monoisotopic (exact) mass is 344 g/mol. The molecule has 1 N–H and O–H groups in total. The predicted molar refractivity (Wildman–Crippen MR) is 76.2 cm³/mol. The molecule has 0 aliphatic rings. The van der Waals surface area contributed by atoms with Gasteiger partial charge in [0.2, 0.25) is 0 Å². The van der Waals surface area contributed by atoms with Crippen LogP contribution < -0.4 is 4.74 Å². The molecule has 0 aliphatic heterocycles. The molecule has 2 rings (SSSR count). The Bertz CT molecular complexity index is 604. The number of methoxy groups -OCH3 is 1. The van der Waals surface area contributed by atoms with E-state index in [9.17, 15) is 9.50 Å². The highest BCUT2D eigenvalue weighted by Gasteiger charge is 2.19. The van der Waals surface area contributed by atoms with E-state index in [0.29, 0.717) is 11.3 Å². The second kappa shape index (κ2) is 5.90. The topological polar surface area (TPSA) is 29.5 Å². The van der Waals surface area contributed by atoms with Crippen LogP contribution in [0, 0.1) is 5.82 Å². The van der Waals surface area contributed by atoms with Crippen molar-refractivity contribution < 1.29 is 14.2 Å². The van der Waals surface area contributed by atoms with Crippen LogP contribution in [-0.4, -0.2) is 12.2 Å². The van der Waals surface area contributed by atoms with Gasteiger partial charge in [-0.3, -0.25) is 0 Å². The fraction of sp³-hybridized carbons (Fsp3) is 0.143. The van der Waals surface area contributed by atoms with Crippen molar-refractivity contribution in [3.63, 3.8) is 0 Å². The van der Waals surface area contributed by atoms with Gasteiger partial charge in [-0.25, -0.2) is 4.39 Å². The van der Waals surface area contributed by atoms with Gasteiger partial charge in [0.05, 0.1) is 7.11 Å². The first-order valence-corrected chi connectivity index (χ1v) is 6.66. The number of ether oxygens (including phenoxy) is 1. The molecule has 0 spiro atoms. The van der Waals surface area contributed by atoms with E-state index < -0.39 is 11.9 Å². The standard InChI is InChI=1S/C14H11BrClFO2/c1-19-13-5-2-8(15)6-11(13)14(18)10-4-3-9(16)7-12(10)17/h2-7,14,18H,1H3. The summed E-state index contributed by atoms with van der Waals surface area (Å²) in [6.45, 7) is 0. The minimum Gasteiger partial charge on any atom is -0.496 e. The average Bonchev–Trinajstić information content (AvgIpc) is 2.38. The lowest BCUT2D eigenvalue weighted by Crippen LogP contribution is -2.04. The van der Waals surface area contributed by atoms with Crippen molar-refractivity contribution in [1.82, 2.24) is 0 Å². The maximum Gasteiger partial charge on any atom is 0.130 e. The number of aliphatic hydroxyl groups excluding tert-OH is 1. The first-order chi connectivity index (χ1) is 9.02. The van der Waals surface area contributed by atoms with Crippen LogP contribution in [0.5, 0.6) is 5.75 Å². The first kappa shape index (κ1) is 14.3. The number of aliphatic hydroxyl groups is 1. The zero-order chi connectivity index (χ0) is 14.0. The van der Waals surface area contributed by atoms with E-state index >= 15 is 0 Å². The van der Waals surface area contributed by atoms with Crippen molar-refractivity contribution >= 4 is 27.5 Å². The second-order valence-electron chi connectivity index (χ2n) is 3.95. The molecule has 0 saturated carbocycles. The Morgan fingerprint density at radius 3 is 2.58 bits per heavy atom. The fourth-order valence-electron chi connectivity index (χ4n) is 1.81. The van der Waals surface area contributed by atoms with Crippen LogP contribution in [0.3, 0.4) is 0 Å². The smallest absolute Gasteiger partial charge is 0.130 e. The van der Waals surface area contributed by atoms with Crippen molar-refractivity contribution in [3.8, 4) is 5.75 Å². The van der Waals surface area contributed by atoms with E-state index in [4.69, 9.17) is 16.3 Å². The third kappa shape index (κ3) is 3.08. The molecule has 0 fully saturated rings. The maximum atomic E-state index is 13.8. The van der Waals surface area contributed by atoms with E-state index in [1.165, 1.54) is 25.3 Å². The van der Waals surface area contributed by atoms with Gasteiger partial charge >= 0.3 is 0 Å². The summed E-state index contributed by atoms with van der Waals surface area (Å²) >= 11 is 9.01. The van der Waals surface area contributed by atoms with Crippen LogP contribution in [0.15, 0.2) is 40.9 Å². The van der Waals surface area contributed by atoms with Gasteiger partial charge in [0.15, 0.2) is 0 Å². The maximum absolute atomic E-state index is 13.8. The Morgan fingerprint density at radius 1 is 1.21 bits per heavy atom. The first-order valence-electron chi connectivity index (χ1n) is 5.49. The van der Waals surface area contributed by atoms with E-state index in [-0.39, 0.29) is 10.6 Å². The highest BCUT2D eigenvalue weighted by atomic mass is 79.9. The van der Waals surface area contributed by atoms with Gasteiger partial charge in [-0.05, 0) is 30.3 Å². The largest absolute Gasteiger partial charge is 0.496 e. The molecule has 0 aromatic heterocycles. The number of rotatable bonds is 3. The van der Waals surface area contributed by atoms with Crippen molar-refractivity contribution in [3.05, 3.63) is 62.8 Å². The lowest BCUT2D eigenvalue weighted by atomic mass is 10.0. The zero-order valence-electron chi connectivity index (χ0n) is 10.0. The highest BCUT2D eigenvalue weighted by Crippen LogP contribution is 2.33. The molecular formula is C14H11BrClFO2. The highest BCUT2D eigenvalue weighted by molar-refractivity contribution is 9.10. The molecule has 100 valence electrons. The molecule has 2 aromatic carbocycles. The molecule has 2 aromatic rings. The zero-order valence-corrected chi connectivity index (χ0v) is 12.4. The molecular weight excluding hydrogens is 335 g/mol. The molecule has 0 bridgehead atoms. The van der Waals surface area contributed by atoms with Crippen LogP contribution in [0.25, 0.3) is 0 Å². The molecule has 2 nitrogen and oxygen atoms in total. The van der Waals surface area contributed by atoms with Gasteiger partial charge in [-0.2, -0.15) is 0 Å². The minimum absolute atomic E-state index is 0.154. The third-order valence-electron chi connectivity index (χ3n) is 2.74. The van der Waals surface area contributed by atoms with Gasteiger partial charge in [-0.15, -0.1) is 0 Å². The Kier molecular flexibility index (Phi) is 4.45. The van der Waals surface area contributed by atoms with Crippen molar-refractivity contribution in [1.29, 1.82) is 0 Å². The summed E-state index contributed by atoms with van der Waals surface area (Å²) in [6.07, 6.45) is -1.12. The summed E-state index contributed by atoms with van der Waals surface area (Å²) < 4.78 is 19.8. The van der Waals surface area contributed by atoms with Gasteiger partial charge < -0.3 is 9.84 Å². The van der Waals surface area contributed by atoms with E-state index in [1.54, 1.807) is 18.2 Å². The lowest BCUT2D eigenvalue weighted by Gasteiger charge is -2.16. The average molecular weight is 346 g/mol. The molecule has 19 heavy (non-hydrogen) atoms. The Balaban J connectivity index is 2.49. The SMILES string of the molecule is COc1ccc(Br)cc1C(O)c1ccc(Cl)cc1F. The van der Waals surface area contributed by atoms with Crippen LogP contribution >= 0.6 is 27.5 Å². The normalized spacial score (nSPS) is 12.3. The van der Waals surface area contributed by atoms with Crippen LogP contribution in [0.2, 0.25) is 5.02 Å². The van der Waals surface area contributed by atoms with E-state index in [0.717, 1.165) is 4.47 Å². The number of hydrogen-bond acceptors (Lipinski definition) is 2. The molecule has 1 unspecified atom stereocenters. The lowest BCUT2D eigenvalue weighted by molar-refractivity contribution is 0.209. The van der Waals surface area contributed by atoms with Crippen molar-refractivity contribution in [2.75, 3.05) is 7.11 Å². The molecule has 0 amide bonds. The summed E-state index contributed by atoms with van der Waals surface area (Å²) in [6, 6.07) is 9.35. The Labute approximate surface area is 123 Å². The summed E-state index contributed by atoms with van der Waals surface area (Å²) in [5.74, 6) is -0.0629. The van der Waals surface area contributed by atoms with Crippen molar-refractivity contribution in [2.45, 2.75) is 6.10 Å². The summed E-state index contributed by atoms with van der Waals surface area (Å²) in [5.41, 5.74) is 0.638. The minimum atomic E-state index is -1.12. The Hall–Kier alpha value is -1.10.